The Balaban J connectivity index is 1.95. The van der Waals surface area contributed by atoms with E-state index >= 15 is 0 Å². The maximum Gasteiger partial charge on any atom is 0.127 e. The fourth-order valence-electron chi connectivity index (χ4n) is 3.39. The summed E-state index contributed by atoms with van der Waals surface area (Å²) in [6, 6.07) is 17.3. The predicted octanol–water partition coefficient (Wildman–Crippen LogP) is 5.57. The summed E-state index contributed by atoms with van der Waals surface area (Å²) in [7, 11) is 0. The molecular formula is C23H31N3. The zero-order valence-corrected chi connectivity index (χ0v) is 16.5. The Kier molecular flexibility index (Phi) is 5.47. The van der Waals surface area contributed by atoms with Crippen molar-refractivity contribution in [1.82, 2.24) is 9.55 Å². The van der Waals surface area contributed by atoms with Crippen molar-refractivity contribution in [2.75, 3.05) is 0 Å². The third-order valence-electron chi connectivity index (χ3n) is 5.05. The average Bonchev–Trinajstić information content (AvgIpc) is 2.98. The van der Waals surface area contributed by atoms with E-state index in [4.69, 9.17) is 10.7 Å². The van der Waals surface area contributed by atoms with Gasteiger partial charge in [-0.25, -0.2) is 4.98 Å². The molecule has 0 radical (unpaired) electrons. The molecule has 0 bridgehead atoms. The zero-order valence-electron chi connectivity index (χ0n) is 16.5. The van der Waals surface area contributed by atoms with Gasteiger partial charge in [0.05, 0.1) is 17.1 Å². The Morgan fingerprint density at radius 2 is 1.73 bits per heavy atom. The van der Waals surface area contributed by atoms with Crippen LogP contribution in [0.5, 0.6) is 0 Å². The molecule has 0 aliphatic carbocycles. The Bertz CT molecular complexity index is 853. The molecule has 0 saturated heterocycles. The summed E-state index contributed by atoms with van der Waals surface area (Å²) in [4.78, 5) is 4.86. The van der Waals surface area contributed by atoms with Crippen LogP contribution in [0.25, 0.3) is 11.0 Å². The van der Waals surface area contributed by atoms with Crippen molar-refractivity contribution in [3.8, 4) is 0 Å². The molecule has 1 unspecified atom stereocenters. The average molecular weight is 350 g/mol. The Morgan fingerprint density at radius 3 is 2.38 bits per heavy atom. The van der Waals surface area contributed by atoms with Crippen LogP contribution in [-0.4, -0.2) is 9.55 Å². The number of para-hydroxylation sites is 2. The van der Waals surface area contributed by atoms with Crippen LogP contribution in [0.4, 0.5) is 0 Å². The molecule has 1 aromatic heterocycles. The van der Waals surface area contributed by atoms with Crippen LogP contribution >= 0.6 is 0 Å². The number of imidazole rings is 1. The van der Waals surface area contributed by atoms with Gasteiger partial charge in [0.2, 0.25) is 0 Å². The zero-order chi connectivity index (χ0) is 18.7. The van der Waals surface area contributed by atoms with Crippen LogP contribution in [0.1, 0.15) is 70.0 Å². The highest BCUT2D eigenvalue weighted by molar-refractivity contribution is 5.76. The van der Waals surface area contributed by atoms with Gasteiger partial charge >= 0.3 is 0 Å². The molecule has 0 fully saturated rings. The summed E-state index contributed by atoms with van der Waals surface area (Å²) in [5.74, 6) is 1.000. The molecule has 0 saturated carbocycles. The first-order valence-corrected chi connectivity index (χ1v) is 9.70. The molecule has 1 heterocycles. The largest absolute Gasteiger partial charge is 0.322 e. The second-order valence-corrected chi connectivity index (χ2v) is 8.24. The van der Waals surface area contributed by atoms with Crippen molar-refractivity contribution in [3.63, 3.8) is 0 Å². The number of fused-ring (bicyclic) bond motifs is 1. The molecule has 26 heavy (non-hydrogen) atoms. The highest BCUT2D eigenvalue weighted by Crippen LogP contribution is 2.26. The van der Waals surface area contributed by atoms with Gasteiger partial charge in [-0.1, -0.05) is 76.9 Å². The topological polar surface area (TPSA) is 43.8 Å². The van der Waals surface area contributed by atoms with Crippen molar-refractivity contribution in [2.45, 2.75) is 65.0 Å². The highest BCUT2D eigenvalue weighted by atomic mass is 15.1. The van der Waals surface area contributed by atoms with E-state index in [0.717, 1.165) is 42.7 Å². The lowest BCUT2D eigenvalue weighted by atomic mass is 9.87. The van der Waals surface area contributed by atoms with Gasteiger partial charge in [-0.2, -0.15) is 0 Å². The molecular weight excluding hydrogens is 318 g/mol. The Labute approximate surface area is 157 Å². The number of hydrogen-bond acceptors (Lipinski definition) is 2. The summed E-state index contributed by atoms with van der Waals surface area (Å²) in [6.07, 6.45) is 3.26. The summed E-state index contributed by atoms with van der Waals surface area (Å²) in [6.45, 7) is 9.75. The number of nitrogens with two attached hydrogens (primary N) is 1. The third kappa shape index (κ3) is 3.99. The molecule has 3 rings (SSSR count). The van der Waals surface area contributed by atoms with Gasteiger partial charge in [0, 0.05) is 6.54 Å². The minimum absolute atomic E-state index is 0.0174. The molecule has 0 spiro atoms. The highest BCUT2D eigenvalue weighted by Gasteiger charge is 2.17. The molecule has 2 N–H and O–H groups in total. The number of aromatic nitrogens is 2. The standard InChI is InChI=1S/C23H31N3/c1-5-6-9-19(24)22-25-20-10-7-8-11-21(20)26(22)16-17-12-14-18(15-13-17)23(2,3)4/h7-8,10-15,19H,5-6,9,16,24H2,1-4H3. The molecule has 138 valence electrons. The fourth-order valence-corrected chi connectivity index (χ4v) is 3.39. The first-order chi connectivity index (χ1) is 12.4. The lowest BCUT2D eigenvalue weighted by Crippen LogP contribution is -2.17. The normalized spacial score (nSPS) is 13.3. The van der Waals surface area contributed by atoms with E-state index in [2.05, 4.69) is 74.7 Å². The fraction of sp³-hybridized carbons (Fsp3) is 0.435. The van der Waals surface area contributed by atoms with Crippen LogP contribution in [0, 0.1) is 0 Å². The number of rotatable bonds is 6. The van der Waals surface area contributed by atoms with E-state index in [1.54, 1.807) is 0 Å². The number of benzene rings is 2. The molecule has 3 aromatic rings. The van der Waals surface area contributed by atoms with Gasteiger partial charge in [0.15, 0.2) is 0 Å². The maximum absolute atomic E-state index is 6.50. The van der Waals surface area contributed by atoms with Crippen LogP contribution in [0.3, 0.4) is 0 Å². The van der Waals surface area contributed by atoms with Crippen LogP contribution in [0.2, 0.25) is 0 Å². The molecule has 1 atom stereocenters. The first kappa shape index (κ1) is 18.7. The summed E-state index contributed by atoms with van der Waals surface area (Å²) in [5, 5.41) is 0. The lowest BCUT2D eigenvalue weighted by molar-refractivity contribution is 0.551. The molecule has 2 aromatic carbocycles. The number of unbranched alkanes of at least 4 members (excludes halogenated alkanes) is 1. The summed E-state index contributed by atoms with van der Waals surface area (Å²) >= 11 is 0. The Hall–Kier alpha value is -2.13. The summed E-state index contributed by atoms with van der Waals surface area (Å²) < 4.78 is 2.29. The van der Waals surface area contributed by atoms with Crippen molar-refractivity contribution >= 4 is 11.0 Å². The summed E-state index contributed by atoms with van der Waals surface area (Å²) in [5.41, 5.74) is 11.5. The molecule has 3 heteroatoms. The van der Waals surface area contributed by atoms with E-state index in [0.29, 0.717) is 0 Å². The van der Waals surface area contributed by atoms with Gasteiger partial charge in [0.25, 0.3) is 0 Å². The van der Waals surface area contributed by atoms with Crippen molar-refractivity contribution in [2.24, 2.45) is 5.73 Å². The van der Waals surface area contributed by atoms with Crippen molar-refractivity contribution < 1.29 is 0 Å². The van der Waals surface area contributed by atoms with E-state index in [9.17, 15) is 0 Å². The van der Waals surface area contributed by atoms with Crippen LogP contribution in [-0.2, 0) is 12.0 Å². The quantitative estimate of drug-likeness (QED) is 0.632. The Morgan fingerprint density at radius 1 is 1.04 bits per heavy atom. The first-order valence-electron chi connectivity index (χ1n) is 9.70. The molecule has 3 nitrogen and oxygen atoms in total. The van der Waals surface area contributed by atoms with Gasteiger partial charge in [-0.15, -0.1) is 0 Å². The second kappa shape index (κ2) is 7.63. The molecule has 0 amide bonds. The van der Waals surface area contributed by atoms with E-state index in [1.807, 2.05) is 6.07 Å². The third-order valence-corrected chi connectivity index (χ3v) is 5.05. The van der Waals surface area contributed by atoms with E-state index in [1.165, 1.54) is 11.1 Å². The minimum atomic E-state index is -0.0174. The number of hydrogen-bond donors (Lipinski definition) is 1. The smallest absolute Gasteiger partial charge is 0.127 e. The van der Waals surface area contributed by atoms with Gasteiger partial charge in [-0.05, 0) is 35.1 Å². The van der Waals surface area contributed by atoms with Crippen molar-refractivity contribution in [1.29, 1.82) is 0 Å². The monoisotopic (exact) mass is 349 g/mol. The molecule has 0 aliphatic heterocycles. The molecule has 0 aliphatic rings. The van der Waals surface area contributed by atoms with Gasteiger partial charge in [0.1, 0.15) is 5.82 Å². The number of nitrogens with zero attached hydrogens (tertiary/aromatic N) is 2. The predicted molar refractivity (Wildman–Crippen MR) is 110 cm³/mol. The van der Waals surface area contributed by atoms with Gasteiger partial charge in [-0.3, -0.25) is 0 Å². The minimum Gasteiger partial charge on any atom is -0.322 e. The van der Waals surface area contributed by atoms with Gasteiger partial charge < -0.3 is 10.3 Å². The SMILES string of the molecule is CCCCC(N)c1nc2ccccc2n1Cc1ccc(C(C)(C)C)cc1. The van der Waals surface area contributed by atoms with Crippen LogP contribution in [0.15, 0.2) is 48.5 Å². The van der Waals surface area contributed by atoms with Crippen molar-refractivity contribution in [3.05, 3.63) is 65.5 Å². The van der Waals surface area contributed by atoms with Crippen LogP contribution < -0.4 is 5.73 Å². The lowest BCUT2D eigenvalue weighted by Gasteiger charge is -2.20. The second-order valence-electron chi connectivity index (χ2n) is 8.24. The maximum atomic E-state index is 6.50. The van der Waals surface area contributed by atoms with E-state index < -0.39 is 0 Å². The van der Waals surface area contributed by atoms with E-state index in [-0.39, 0.29) is 11.5 Å².